The molecule has 2 rings (SSSR count). The van der Waals surface area contributed by atoms with Gasteiger partial charge in [0.1, 0.15) is 0 Å². The van der Waals surface area contributed by atoms with Crippen molar-refractivity contribution in [2.24, 2.45) is 5.92 Å². The first-order valence-corrected chi connectivity index (χ1v) is 8.85. The van der Waals surface area contributed by atoms with E-state index in [4.69, 9.17) is 0 Å². The van der Waals surface area contributed by atoms with Crippen LogP contribution in [0.5, 0.6) is 0 Å². The summed E-state index contributed by atoms with van der Waals surface area (Å²) in [6.07, 6.45) is 4.84. The van der Waals surface area contributed by atoms with Crippen LogP contribution in [0.15, 0.2) is 29.2 Å². The number of rotatable bonds is 4. The highest BCUT2D eigenvalue weighted by molar-refractivity contribution is 7.90. The molecule has 1 aliphatic heterocycles. The first-order valence-electron chi connectivity index (χ1n) is 6.96. The van der Waals surface area contributed by atoms with E-state index >= 15 is 0 Å². The summed E-state index contributed by atoms with van der Waals surface area (Å²) in [6, 6.07) is 7.29. The molecule has 0 N–H and O–H groups in total. The molecular formula is C15H23NO2S. The summed E-state index contributed by atoms with van der Waals surface area (Å²) in [7, 11) is -3.07. The molecule has 106 valence electrons. The van der Waals surface area contributed by atoms with E-state index < -0.39 is 9.84 Å². The van der Waals surface area contributed by atoms with Gasteiger partial charge >= 0.3 is 0 Å². The van der Waals surface area contributed by atoms with E-state index in [-0.39, 0.29) is 0 Å². The largest absolute Gasteiger partial charge is 0.303 e. The van der Waals surface area contributed by atoms with Crippen molar-refractivity contribution in [3.63, 3.8) is 0 Å². The molecule has 1 saturated heterocycles. The van der Waals surface area contributed by atoms with Gasteiger partial charge in [-0.3, -0.25) is 0 Å². The van der Waals surface area contributed by atoms with Gasteiger partial charge in [0.25, 0.3) is 0 Å². The number of likely N-dealkylation sites (tertiary alicyclic amines) is 1. The first-order chi connectivity index (χ1) is 8.95. The summed E-state index contributed by atoms with van der Waals surface area (Å²) in [5.74, 6) is 0.866. The average molecular weight is 281 g/mol. The second-order valence-electron chi connectivity index (χ2n) is 5.69. The van der Waals surface area contributed by atoms with E-state index in [9.17, 15) is 8.42 Å². The maximum atomic E-state index is 11.4. The van der Waals surface area contributed by atoms with Gasteiger partial charge in [0.05, 0.1) is 4.90 Å². The Kier molecular flexibility index (Phi) is 4.63. The number of hydrogen-bond acceptors (Lipinski definition) is 3. The lowest BCUT2D eigenvalue weighted by Gasteiger charge is -2.30. The second-order valence-corrected chi connectivity index (χ2v) is 7.71. The van der Waals surface area contributed by atoms with E-state index in [2.05, 4.69) is 11.8 Å². The normalized spacial score (nSPS) is 18.6. The standard InChI is InChI=1S/C15H23NO2S/c1-13-7-10-16(11-8-13)12-9-14-3-5-15(6-4-14)19(2,17)18/h3-6,13H,7-12H2,1-2H3. The first kappa shape index (κ1) is 14.5. The Morgan fingerprint density at radius 1 is 1.16 bits per heavy atom. The summed E-state index contributed by atoms with van der Waals surface area (Å²) in [4.78, 5) is 2.91. The van der Waals surface area contributed by atoms with Gasteiger partial charge in [-0.2, -0.15) is 0 Å². The second kappa shape index (κ2) is 6.06. The Morgan fingerprint density at radius 3 is 2.26 bits per heavy atom. The van der Waals surface area contributed by atoms with E-state index in [1.807, 2.05) is 12.1 Å². The third-order valence-electron chi connectivity index (χ3n) is 3.94. The highest BCUT2D eigenvalue weighted by Gasteiger charge is 2.15. The van der Waals surface area contributed by atoms with Crippen LogP contribution in [0.25, 0.3) is 0 Å². The molecule has 0 amide bonds. The van der Waals surface area contributed by atoms with Crippen LogP contribution in [0.4, 0.5) is 0 Å². The van der Waals surface area contributed by atoms with E-state index in [1.54, 1.807) is 12.1 Å². The van der Waals surface area contributed by atoms with Crippen molar-refractivity contribution in [2.75, 3.05) is 25.9 Å². The average Bonchev–Trinajstić information content (AvgIpc) is 2.37. The predicted molar refractivity (Wildman–Crippen MR) is 78.1 cm³/mol. The molecule has 0 bridgehead atoms. The fourth-order valence-corrected chi connectivity index (χ4v) is 3.11. The SMILES string of the molecule is CC1CCN(CCc2ccc(S(C)(=O)=O)cc2)CC1. The van der Waals surface area contributed by atoms with Crippen molar-refractivity contribution in [2.45, 2.75) is 31.1 Å². The molecular weight excluding hydrogens is 258 g/mol. The molecule has 1 aromatic rings. The van der Waals surface area contributed by atoms with E-state index in [0.717, 1.165) is 18.9 Å². The minimum Gasteiger partial charge on any atom is -0.303 e. The minimum atomic E-state index is -3.07. The number of sulfone groups is 1. The zero-order valence-corrected chi connectivity index (χ0v) is 12.6. The van der Waals surface area contributed by atoms with Crippen molar-refractivity contribution in [3.05, 3.63) is 29.8 Å². The highest BCUT2D eigenvalue weighted by Crippen LogP contribution is 2.17. The van der Waals surface area contributed by atoms with Crippen LogP contribution >= 0.6 is 0 Å². The molecule has 0 atom stereocenters. The molecule has 3 nitrogen and oxygen atoms in total. The van der Waals surface area contributed by atoms with Crippen LogP contribution in [-0.4, -0.2) is 39.2 Å². The van der Waals surface area contributed by atoms with Crippen molar-refractivity contribution < 1.29 is 8.42 Å². The summed E-state index contributed by atoms with van der Waals surface area (Å²) in [5, 5.41) is 0. The Bertz CT molecular complexity index is 499. The Balaban J connectivity index is 1.87. The number of hydrogen-bond donors (Lipinski definition) is 0. The van der Waals surface area contributed by atoms with Gasteiger partial charge in [0, 0.05) is 12.8 Å². The molecule has 1 aromatic carbocycles. The molecule has 0 spiro atoms. The number of benzene rings is 1. The third kappa shape index (κ3) is 4.32. The zero-order valence-electron chi connectivity index (χ0n) is 11.8. The minimum absolute atomic E-state index is 0.406. The summed E-state index contributed by atoms with van der Waals surface area (Å²) in [6.45, 7) is 5.79. The lowest BCUT2D eigenvalue weighted by atomic mass is 9.99. The topological polar surface area (TPSA) is 37.4 Å². The summed E-state index contributed by atoms with van der Waals surface area (Å²) in [5.41, 5.74) is 1.21. The molecule has 0 radical (unpaired) electrons. The molecule has 1 aliphatic rings. The van der Waals surface area contributed by atoms with Crippen molar-refractivity contribution in [1.82, 2.24) is 4.90 Å². The molecule has 0 unspecified atom stereocenters. The molecule has 1 heterocycles. The molecule has 0 saturated carbocycles. The molecule has 1 fully saturated rings. The van der Waals surface area contributed by atoms with Crippen molar-refractivity contribution in [1.29, 1.82) is 0 Å². The van der Waals surface area contributed by atoms with Gasteiger partial charge < -0.3 is 4.90 Å². The van der Waals surface area contributed by atoms with Crippen LogP contribution in [0, 0.1) is 5.92 Å². The Morgan fingerprint density at radius 2 is 1.74 bits per heavy atom. The monoisotopic (exact) mass is 281 g/mol. The maximum Gasteiger partial charge on any atom is 0.175 e. The Labute approximate surface area is 116 Å². The van der Waals surface area contributed by atoms with Crippen LogP contribution < -0.4 is 0 Å². The molecule has 4 heteroatoms. The molecule has 0 aromatic heterocycles. The van der Waals surface area contributed by atoms with Crippen LogP contribution in [0.1, 0.15) is 25.3 Å². The van der Waals surface area contributed by atoms with Gasteiger partial charge in [-0.25, -0.2) is 8.42 Å². The lowest BCUT2D eigenvalue weighted by molar-refractivity contribution is 0.194. The van der Waals surface area contributed by atoms with E-state index in [0.29, 0.717) is 4.90 Å². The smallest absolute Gasteiger partial charge is 0.175 e. The Hall–Kier alpha value is -0.870. The van der Waals surface area contributed by atoms with Gasteiger partial charge in [-0.05, 0) is 56.0 Å². The van der Waals surface area contributed by atoms with Gasteiger partial charge in [-0.1, -0.05) is 19.1 Å². The van der Waals surface area contributed by atoms with Crippen molar-refractivity contribution in [3.8, 4) is 0 Å². The maximum absolute atomic E-state index is 11.4. The third-order valence-corrected chi connectivity index (χ3v) is 5.07. The van der Waals surface area contributed by atoms with Crippen LogP contribution in [-0.2, 0) is 16.3 Å². The number of nitrogens with zero attached hydrogens (tertiary/aromatic N) is 1. The summed E-state index contributed by atoms with van der Waals surface area (Å²) >= 11 is 0. The van der Waals surface area contributed by atoms with Gasteiger partial charge in [0.15, 0.2) is 9.84 Å². The van der Waals surface area contributed by atoms with Gasteiger partial charge in [0.2, 0.25) is 0 Å². The van der Waals surface area contributed by atoms with Crippen LogP contribution in [0.2, 0.25) is 0 Å². The van der Waals surface area contributed by atoms with E-state index in [1.165, 1.54) is 37.8 Å². The lowest BCUT2D eigenvalue weighted by Crippen LogP contribution is -2.34. The van der Waals surface area contributed by atoms with Gasteiger partial charge in [-0.15, -0.1) is 0 Å². The highest BCUT2D eigenvalue weighted by atomic mass is 32.2. The summed E-state index contributed by atoms with van der Waals surface area (Å²) < 4.78 is 22.7. The fourth-order valence-electron chi connectivity index (χ4n) is 2.48. The zero-order chi connectivity index (χ0) is 13.9. The predicted octanol–water partition coefficient (Wildman–Crippen LogP) is 2.36. The fraction of sp³-hybridized carbons (Fsp3) is 0.600. The van der Waals surface area contributed by atoms with Crippen molar-refractivity contribution >= 4 is 9.84 Å². The molecule has 19 heavy (non-hydrogen) atoms. The van der Waals surface area contributed by atoms with Crippen LogP contribution in [0.3, 0.4) is 0 Å². The quantitative estimate of drug-likeness (QED) is 0.850. The molecule has 0 aliphatic carbocycles. The number of piperidine rings is 1.